The minimum absolute atomic E-state index is 0.135. The molecule has 0 aromatic heterocycles. The summed E-state index contributed by atoms with van der Waals surface area (Å²) in [6, 6.07) is 12.9. The average Bonchev–Trinajstić information content (AvgIpc) is 2.55. The Morgan fingerprint density at radius 1 is 1.09 bits per heavy atom. The second-order valence-electron chi connectivity index (χ2n) is 6.19. The maximum atomic E-state index is 14.4. The summed E-state index contributed by atoms with van der Waals surface area (Å²) in [6.07, 6.45) is 1.55. The number of piperidine rings is 1. The Bertz CT molecular complexity index is 704. The molecule has 1 saturated heterocycles. The molecule has 3 nitrogen and oxygen atoms in total. The molecule has 120 valence electrons. The number of aryl methyl sites for hydroxylation is 1. The maximum Gasteiger partial charge on any atom is 0.256 e. The van der Waals surface area contributed by atoms with Gasteiger partial charge in [0.05, 0.1) is 5.56 Å². The fraction of sp³-hybridized carbons (Fsp3) is 0.316. The first kappa shape index (κ1) is 15.7. The van der Waals surface area contributed by atoms with Gasteiger partial charge in [-0.2, -0.15) is 0 Å². The van der Waals surface area contributed by atoms with E-state index in [0.717, 1.165) is 29.5 Å². The van der Waals surface area contributed by atoms with Crippen molar-refractivity contribution < 1.29 is 9.18 Å². The zero-order valence-electron chi connectivity index (χ0n) is 13.3. The molecule has 0 spiro atoms. The van der Waals surface area contributed by atoms with E-state index in [2.05, 4.69) is 0 Å². The molecule has 23 heavy (non-hydrogen) atoms. The van der Waals surface area contributed by atoms with Crippen LogP contribution in [0.1, 0.15) is 28.8 Å². The largest absolute Gasteiger partial charge is 0.338 e. The lowest BCUT2D eigenvalue weighted by molar-refractivity contribution is 0.0710. The van der Waals surface area contributed by atoms with Gasteiger partial charge in [0.2, 0.25) is 0 Å². The van der Waals surface area contributed by atoms with Gasteiger partial charge in [-0.15, -0.1) is 0 Å². The van der Waals surface area contributed by atoms with Crippen molar-refractivity contribution in [2.75, 3.05) is 13.1 Å². The number of carbonyl (C=O) groups excluding carboxylic acids is 1. The molecular weight excluding hydrogens is 291 g/mol. The molecule has 2 aromatic carbocycles. The standard InChI is InChI=1S/C19H21FN2O/c1-13-2-4-14(5-3-13)15-6-7-17(18(20)12-15)19(23)22-10-8-16(21)9-11-22/h2-7,12,16H,8-11,21H2,1H3. The van der Waals surface area contributed by atoms with Crippen molar-refractivity contribution in [2.45, 2.75) is 25.8 Å². The molecule has 0 radical (unpaired) electrons. The SMILES string of the molecule is Cc1ccc(-c2ccc(C(=O)N3CCC(N)CC3)c(F)c2)cc1. The van der Waals surface area contributed by atoms with Crippen molar-refractivity contribution >= 4 is 5.91 Å². The molecule has 3 rings (SSSR count). The predicted octanol–water partition coefficient (Wildman–Crippen LogP) is 3.36. The minimum atomic E-state index is -0.469. The van der Waals surface area contributed by atoms with Gasteiger partial charge in [0.1, 0.15) is 5.82 Å². The van der Waals surface area contributed by atoms with E-state index in [4.69, 9.17) is 5.73 Å². The van der Waals surface area contributed by atoms with Crippen LogP contribution in [0.25, 0.3) is 11.1 Å². The van der Waals surface area contributed by atoms with Gasteiger partial charge in [-0.1, -0.05) is 35.9 Å². The molecule has 1 amide bonds. The highest BCUT2D eigenvalue weighted by atomic mass is 19.1. The van der Waals surface area contributed by atoms with Gasteiger partial charge < -0.3 is 10.6 Å². The summed E-state index contributed by atoms with van der Waals surface area (Å²) < 4.78 is 14.4. The monoisotopic (exact) mass is 312 g/mol. The van der Waals surface area contributed by atoms with Crippen molar-refractivity contribution in [3.8, 4) is 11.1 Å². The van der Waals surface area contributed by atoms with E-state index < -0.39 is 5.82 Å². The first-order valence-electron chi connectivity index (χ1n) is 7.96. The summed E-state index contributed by atoms with van der Waals surface area (Å²) >= 11 is 0. The number of hydrogen-bond donors (Lipinski definition) is 1. The maximum absolute atomic E-state index is 14.4. The van der Waals surface area contributed by atoms with Gasteiger partial charge >= 0.3 is 0 Å². The summed E-state index contributed by atoms with van der Waals surface area (Å²) in [5.41, 5.74) is 8.86. The third kappa shape index (κ3) is 3.42. The molecule has 0 saturated carbocycles. The van der Waals surface area contributed by atoms with Crippen LogP contribution in [0, 0.1) is 12.7 Å². The summed E-state index contributed by atoms with van der Waals surface area (Å²) in [7, 11) is 0. The Labute approximate surface area is 135 Å². The third-order valence-electron chi connectivity index (χ3n) is 4.41. The predicted molar refractivity (Wildman–Crippen MR) is 89.7 cm³/mol. The second-order valence-corrected chi connectivity index (χ2v) is 6.19. The molecule has 1 aliphatic heterocycles. The Morgan fingerprint density at radius 3 is 2.30 bits per heavy atom. The molecule has 4 heteroatoms. The van der Waals surface area contributed by atoms with E-state index in [0.29, 0.717) is 13.1 Å². The van der Waals surface area contributed by atoms with E-state index in [1.54, 1.807) is 17.0 Å². The number of amides is 1. The molecule has 1 fully saturated rings. The van der Waals surface area contributed by atoms with Gasteiger partial charge in [0.15, 0.2) is 0 Å². The van der Waals surface area contributed by atoms with Crippen LogP contribution in [0.2, 0.25) is 0 Å². The minimum Gasteiger partial charge on any atom is -0.338 e. The van der Waals surface area contributed by atoms with Gasteiger partial charge in [-0.3, -0.25) is 4.79 Å². The summed E-state index contributed by atoms with van der Waals surface area (Å²) in [6.45, 7) is 3.20. The highest BCUT2D eigenvalue weighted by Crippen LogP contribution is 2.23. The van der Waals surface area contributed by atoms with E-state index in [9.17, 15) is 9.18 Å². The van der Waals surface area contributed by atoms with Gasteiger partial charge in [0.25, 0.3) is 5.91 Å². The Morgan fingerprint density at radius 2 is 1.70 bits per heavy atom. The van der Waals surface area contributed by atoms with Gasteiger partial charge in [-0.25, -0.2) is 4.39 Å². The van der Waals surface area contributed by atoms with E-state index >= 15 is 0 Å². The zero-order chi connectivity index (χ0) is 16.4. The average molecular weight is 312 g/mol. The Hall–Kier alpha value is -2.20. The number of likely N-dealkylation sites (tertiary alicyclic amines) is 1. The molecule has 2 N–H and O–H groups in total. The molecule has 0 aliphatic carbocycles. The normalized spacial score (nSPS) is 15.7. The Balaban J connectivity index is 1.81. The highest BCUT2D eigenvalue weighted by molar-refractivity contribution is 5.95. The van der Waals surface area contributed by atoms with Crippen molar-refractivity contribution in [1.29, 1.82) is 0 Å². The number of nitrogens with zero attached hydrogens (tertiary/aromatic N) is 1. The summed E-state index contributed by atoms with van der Waals surface area (Å²) in [5, 5.41) is 0. The second kappa shape index (κ2) is 6.50. The topological polar surface area (TPSA) is 46.3 Å². The number of benzene rings is 2. The van der Waals surface area contributed by atoms with Crippen molar-refractivity contribution in [1.82, 2.24) is 4.90 Å². The van der Waals surface area contributed by atoms with Crippen molar-refractivity contribution in [2.24, 2.45) is 5.73 Å². The molecular formula is C19H21FN2O. The van der Waals surface area contributed by atoms with Gasteiger partial charge in [-0.05, 0) is 43.0 Å². The van der Waals surface area contributed by atoms with E-state index in [1.807, 2.05) is 31.2 Å². The molecule has 0 bridgehead atoms. The first-order chi connectivity index (χ1) is 11.0. The van der Waals surface area contributed by atoms with Crippen LogP contribution >= 0.6 is 0 Å². The molecule has 0 atom stereocenters. The third-order valence-corrected chi connectivity index (χ3v) is 4.41. The van der Waals surface area contributed by atoms with Gasteiger partial charge in [0, 0.05) is 19.1 Å². The zero-order valence-corrected chi connectivity index (χ0v) is 13.3. The Kier molecular flexibility index (Phi) is 4.44. The van der Waals surface area contributed by atoms with Crippen LogP contribution in [0.15, 0.2) is 42.5 Å². The first-order valence-corrected chi connectivity index (χ1v) is 7.96. The lowest BCUT2D eigenvalue weighted by atomic mass is 10.0. The molecule has 1 aliphatic rings. The summed E-state index contributed by atoms with van der Waals surface area (Å²) in [4.78, 5) is 14.2. The molecule has 1 heterocycles. The lowest BCUT2D eigenvalue weighted by Gasteiger charge is -2.30. The van der Waals surface area contributed by atoms with Crippen LogP contribution in [0.4, 0.5) is 4.39 Å². The number of hydrogen-bond acceptors (Lipinski definition) is 2. The fourth-order valence-electron chi connectivity index (χ4n) is 2.89. The lowest BCUT2D eigenvalue weighted by Crippen LogP contribution is -2.43. The van der Waals surface area contributed by atoms with Crippen molar-refractivity contribution in [3.63, 3.8) is 0 Å². The quantitative estimate of drug-likeness (QED) is 0.924. The fourth-order valence-corrected chi connectivity index (χ4v) is 2.89. The summed E-state index contributed by atoms with van der Waals surface area (Å²) in [5.74, 6) is -0.715. The van der Waals surface area contributed by atoms with E-state index in [-0.39, 0.29) is 17.5 Å². The smallest absolute Gasteiger partial charge is 0.256 e. The van der Waals surface area contributed by atoms with E-state index in [1.165, 1.54) is 6.07 Å². The number of halogens is 1. The molecule has 2 aromatic rings. The van der Waals surface area contributed by atoms with Crippen LogP contribution in [-0.4, -0.2) is 29.9 Å². The van der Waals surface area contributed by atoms with Crippen LogP contribution in [-0.2, 0) is 0 Å². The number of nitrogens with two attached hydrogens (primary N) is 1. The van der Waals surface area contributed by atoms with Crippen LogP contribution in [0.5, 0.6) is 0 Å². The van der Waals surface area contributed by atoms with Crippen molar-refractivity contribution in [3.05, 3.63) is 59.4 Å². The highest BCUT2D eigenvalue weighted by Gasteiger charge is 2.23. The number of carbonyl (C=O) groups is 1. The van der Waals surface area contributed by atoms with Crippen LogP contribution in [0.3, 0.4) is 0 Å². The molecule has 0 unspecified atom stereocenters. The number of rotatable bonds is 2. The van der Waals surface area contributed by atoms with Crippen LogP contribution < -0.4 is 5.73 Å².